The zero-order chi connectivity index (χ0) is 14.0. The molecule has 0 saturated heterocycles. The van der Waals surface area contributed by atoms with Gasteiger partial charge >= 0.3 is 0 Å². The Kier molecular flexibility index (Phi) is 4.46. The first-order chi connectivity index (χ1) is 8.98. The summed E-state index contributed by atoms with van der Waals surface area (Å²) in [4.78, 5) is 12.7. The fraction of sp³-hybridized carbons (Fsp3) is 0.714. The van der Waals surface area contributed by atoms with E-state index < -0.39 is 5.60 Å². The average molecular weight is 329 g/mol. The van der Waals surface area contributed by atoms with E-state index in [1.54, 1.807) is 10.9 Å². The van der Waals surface area contributed by atoms with Crippen LogP contribution < -0.4 is 0 Å². The predicted molar refractivity (Wildman–Crippen MR) is 77.1 cm³/mol. The molecule has 1 fully saturated rings. The number of halogens is 1. The van der Waals surface area contributed by atoms with Crippen LogP contribution in [0.25, 0.3) is 0 Å². The summed E-state index contributed by atoms with van der Waals surface area (Å²) in [5.41, 5.74) is -0.695. The molecule has 1 aliphatic carbocycles. The van der Waals surface area contributed by atoms with Gasteiger partial charge in [-0.3, -0.25) is 9.48 Å². The lowest BCUT2D eigenvalue weighted by molar-refractivity contribution is 0.00328. The fourth-order valence-electron chi connectivity index (χ4n) is 2.66. The molecule has 1 aromatic rings. The van der Waals surface area contributed by atoms with Crippen LogP contribution in [0.5, 0.6) is 0 Å². The summed E-state index contributed by atoms with van der Waals surface area (Å²) >= 11 is 3.38. The molecule has 0 amide bonds. The normalized spacial score (nSPS) is 27.5. The molecule has 0 aromatic carbocycles. The monoisotopic (exact) mass is 328 g/mol. The van der Waals surface area contributed by atoms with E-state index in [9.17, 15) is 9.90 Å². The SMILES string of the molecule is CCCn1ncc(Br)c1C(=O)C1(O)CCC(C)CC1. The second kappa shape index (κ2) is 5.75. The number of nitrogens with zero attached hydrogens (tertiary/aromatic N) is 2. The van der Waals surface area contributed by atoms with Crippen LogP contribution >= 0.6 is 15.9 Å². The van der Waals surface area contributed by atoms with Crippen LogP contribution in [0.1, 0.15) is 56.4 Å². The quantitative estimate of drug-likeness (QED) is 0.863. The molecular weight excluding hydrogens is 308 g/mol. The van der Waals surface area contributed by atoms with E-state index in [1.165, 1.54) is 0 Å². The van der Waals surface area contributed by atoms with Crippen LogP contribution in [-0.4, -0.2) is 26.3 Å². The minimum atomic E-state index is -1.21. The van der Waals surface area contributed by atoms with Gasteiger partial charge in [0.05, 0.1) is 10.7 Å². The van der Waals surface area contributed by atoms with E-state index in [1.807, 2.05) is 6.92 Å². The Hall–Kier alpha value is -0.680. The lowest BCUT2D eigenvalue weighted by Gasteiger charge is -2.33. The van der Waals surface area contributed by atoms with Crippen molar-refractivity contribution in [3.05, 3.63) is 16.4 Å². The number of aryl methyl sites for hydroxylation is 1. The summed E-state index contributed by atoms with van der Waals surface area (Å²) in [5.74, 6) is 0.411. The molecular formula is C14H21BrN2O2. The Morgan fingerprint density at radius 3 is 2.79 bits per heavy atom. The Balaban J connectivity index is 2.26. The molecule has 19 heavy (non-hydrogen) atoms. The lowest BCUT2D eigenvalue weighted by atomic mass is 9.76. The van der Waals surface area contributed by atoms with Crippen molar-refractivity contribution in [3.63, 3.8) is 0 Å². The van der Waals surface area contributed by atoms with Crippen molar-refractivity contribution in [2.75, 3.05) is 0 Å². The van der Waals surface area contributed by atoms with E-state index in [2.05, 4.69) is 28.0 Å². The Bertz CT molecular complexity index is 462. The predicted octanol–water partition coefficient (Wildman–Crippen LogP) is 3.18. The summed E-state index contributed by atoms with van der Waals surface area (Å²) in [6, 6.07) is 0. The number of hydrogen-bond donors (Lipinski definition) is 1. The van der Waals surface area contributed by atoms with Crippen molar-refractivity contribution in [1.82, 2.24) is 9.78 Å². The summed E-state index contributed by atoms with van der Waals surface area (Å²) < 4.78 is 2.38. The molecule has 0 spiro atoms. The Labute approximate surface area is 122 Å². The second-order valence-electron chi connectivity index (χ2n) is 5.61. The van der Waals surface area contributed by atoms with Crippen molar-refractivity contribution in [2.45, 2.75) is 58.1 Å². The van der Waals surface area contributed by atoms with E-state index in [-0.39, 0.29) is 5.78 Å². The summed E-state index contributed by atoms with van der Waals surface area (Å²) in [6.45, 7) is 4.90. The topological polar surface area (TPSA) is 55.1 Å². The Morgan fingerprint density at radius 2 is 2.21 bits per heavy atom. The second-order valence-corrected chi connectivity index (χ2v) is 6.46. The van der Waals surface area contributed by atoms with E-state index in [0.29, 0.717) is 35.5 Å². The minimum absolute atomic E-state index is 0.183. The highest BCUT2D eigenvalue weighted by atomic mass is 79.9. The third-order valence-corrected chi connectivity index (χ3v) is 4.55. The molecule has 0 atom stereocenters. The molecule has 0 aliphatic heterocycles. The molecule has 4 nitrogen and oxygen atoms in total. The first kappa shape index (κ1) is 14.7. The molecule has 5 heteroatoms. The summed E-state index contributed by atoms with van der Waals surface area (Å²) in [6.07, 6.45) is 5.46. The highest BCUT2D eigenvalue weighted by molar-refractivity contribution is 9.10. The zero-order valence-corrected chi connectivity index (χ0v) is 13.1. The van der Waals surface area contributed by atoms with Gasteiger partial charge in [0.2, 0.25) is 5.78 Å². The summed E-state index contributed by atoms with van der Waals surface area (Å²) in [5, 5.41) is 14.8. The van der Waals surface area contributed by atoms with Gasteiger partial charge in [0, 0.05) is 6.54 Å². The summed E-state index contributed by atoms with van der Waals surface area (Å²) in [7, 11) is 0. The number of hydrogen-bond acceptors (Lipinski definition) is 3. The number of Topliss-reactive ketones (excluding diaryl/α,β-unsaturated/α-hetero) is 1. The van der Waals surface area contributed by atoms with Gasteiger partial charge in [-0.15, -0.1) is 0 Å². The van der Waals surface area contributed by atoms with Crippen molar-refractivity contribution >= 4 is 21.7 Å². The van der Waals surface area contributed by atoms with Gasteiger partial charge in [-0.25, -0.2) is 0 Å². The third kappa shape index (κ3) is 2.92. The molecule has 1 heterocycles. The number of aromatic nitrogens is 2. The van der Waals surface area contributed by atoms with Crippen molar-refractivity contribution in [3.8, 4) is 0 Å². The zero-order valence-electron chi connectivity index (χ0n) is 11.5. The van der Waals surface area contributed by atoms with Crippen LogP contribution in [0.3, 0.4) is 0 Å². The van der Waals surface area contributed by atoms with E-state index >= 15 is 0 Å². The van der Waals surface area contributed by atoms with Gasteiger partial charge in [0.25, 0.3) is 0 Å². The lowest BCUT2D eigenvalue weighted by Crippen LogP contribution is -2.43. The van der Waals surface area contributed by atoms with Gasteiger partial charge in [-0.2, -0.15) is 5.10 Å². The molecule has 0 bridgehead atoms. The van der Waals surface area contributed by atoms with Crippen molar-refractivity contribution in [1.29, 1.82) is 0 Å². The van der Waals surface area contributed by atoms with Gasteiger partial charge < -0.3 is 5.11 Å². The maximum Gasteiger partial charge on any atom is 0.213 e. The molecule has 106 valence electrons. The number of carbonyl (C=O) groups excluding carboxylic acids is 1. The molecule has 0 unspecified atom stereocenters. The maximum atomic E-state index is 12.7. The smallest absolute Gasteiger partial charge is 0.213 e. The highest BCUT2D eigenvalue weighted by Crippen LogP contribution is 2.35. The van der Waals surface area contributed by atoms with Crippen molar-refractivity contribution < 1.29 is 9.90 Å². The Morgan fingerprint density at radius 1 is 1.58 bits per heavy atom. The van der Waals surface area contributed by atoms with Gasteiger partial charge in [-0.05, 0) is 54.0 Å². The van der Waals surface area contributed by atoms with Crippen LogP contribution in [0.2, 0.25) is 0 Å². The standard InChI is InChI=1S/C14H21BrN2O2/c1-3-8-17-12(11(15)9-16-17)13(18)14(19)6-4-10(2)5-7-14/h9-10,19H,3-8H2,1-2H3. The van der Waals surface area contributed by atoms with Crippen LogP contribution in [0, 0.1) is 5.92 Å². The van der Waals surface area contributed by atoms with Crippen LogP contribution in [-0.2, 0) is 6.54 Å². The van der Waals surface area contributed by atoms with E-state index in [0.717, 1.165) is 19.3 Å². The number of ketones is 1. The van der Waals surface area contributed by atoms with E-state index in [4.69, 9.17) is 0 Å². The first-order valence-corrected chi connectivity index (χ1v) is 7.75. The van der Waals surface area contributed by atoms with Crippen LogP contribution in [0.15, 0.2) is 10.7 Å². The number of aliphatic hydroxyl groups is 1. The molecule has 1 saturated carbocycles. The van der Waals surface area contributed by atoms with Crippen molar-refractivity contribution in [2.24, 2.45) is 5.92 Å². The molecule has 1 aromatic heterocycles. The molecule has 2 rings (SSSR count). The largest absolute Gasteiger partial charge is 0.382 e. The van der Waals surface area contributed by atoms with Gasteiger partial charge in [-0.1, -0.05) is 13.8 Å². The maximum absolute atomic E-state index is 12.7. The third-order valence-electron chi connectivity index (χ3n) is 3.97. The van der Waals surface area contributed by atoms with Gasteiger partial charge in [0.15, 0.2) is 0 Å². The first-order valence-electron chi connectivity index (χ1n) is 6.96. The highest BCUT2D eigenvalue weighted by Gasteiger charge is 2.41. The molecule has 0 radical (unpaired) electrons. The minimum Gasteiger partial charge on any atom is -0.382 e. The molecule has 1 N–H and O–H groups in total. The number of rotatable bonds is 4. The van der Waals surface area contributed by atoms with Gasteiger partial charge in [0.1, 0.15) is 11.3 Å². The fourth-order valence-corrected chi connectivity index (χ4v) is 3.13. The average Bonchev–Trinajstić information content (AvgIpc) is 2.74. The molecule has 1 aliphatic rings. The number of carbonyl (C=O) groups is 1. The van der Waals surface area contributed by atoms with Crippen LogP contribution in [0.4, 0.5) is 0 Å².